The maximum atomic E-state index is 15.1. The van der Waals surface area contributed by atoms with E-state index < -0.39 is 5.60 Å². The molecule has 4 aromatic rings. The van der Waals surface area contributed by atoms with E-state index in [9.17, 15) is 4.79 Å². The summed E-state index contributed by atoms with van der Waals surface area (Å²) in [5.74, 6) is 0.935. The van der Waals surface area contributed by atoms with Crippen LogP contribution < -0.4 is 9.64 Å². The zero-order valence-corrected chi connectivity index (χ0v) is 22.2. The second-order valence-corrected chi connectivity index (χ2v) is 10.3. The zero-order valence-electron chi connectivity index (χ0n) is 22.2. The Morgan fingerprint density at radius 2 is 1.89 bits per heavy atom. The minimum absolute atomic E-state index is 0.0651. The molecule has 38 heavy (non-hydrogen) atoms. The molecule has 198 valence electrons. The highest BCUT2D eigenvalue weighted by molar-refractivity contribution is 6.02. The number of pyridine rings is 1. The Balaban J connectivity index is 1.61. The molecule has 1 fully saturated rings. The van der Waals surface area contributed by atoms with Crippen LogP contribution in [0.4, 0.5) is 15.0 Å². The zero-order chi connectivity index (χ0) is 27.0. The van der Waals surface area contributed by atoms with Gasteiger partial charge in [-0.25, -0.2) is 19.2 Å². The third-order valence-electron chi connectivity index (χ3n) is 6.49. The molecule has 0 radical (unpaired) electrons. The summed E-state index contributed by atoms with van der Waals surface area (Å²) < 4.78 is 27.9. The molecule has 0 saturated carbocycles. The van der Waals surface area contributed by atoms with Crippen molar-refractivity contribution in [1.29, 1.82) is 0 Å². The van der Waals surface area contributed by atoms with Gasteiger partial charge in [0.2, 0.25) is 0 Å². The first kappa shape index (κ1) is 25.4. The Hall–Kier alpha value is -4.21. The van der Waals surface area contributed by atoms with Crippen molar-refractivity contribution < 1.29 is 18.7 Å². The molecule has 0 N–H and O–H groups in total. The molecule has 1 amide bonds. The lowest BCUT2D eigenvalue weighted by atomic mass is 10.0. The third-order valence-corrected chi connectivity index (χ3v) is 6.49. The van der Waals surface area contributed by atoms with Gasteiger partial charge in [0.25, 0.3) is 0 Å². The van der Waals surface area contributed by atoms with Gasteiger partial charge in [-0.2, -0.15) is 0 Å². The second-order valence-electron chi connectivity index (χ2n) is 10.3. The van der Waals surface area contributed by atoms with Crippen LogP contribution in [0.15, 0.2) is 55.2 Å². The van der Waals surface area contributed by atoms with Crippen molar-refractivity contribution >= 4 is 22.9 Å². The van der Waals surface area contributed by atoms with Crippen LogP contribution >= 0.6 is 0 Å². The van der Waals surface area contributed by atoms with Crippen molar-refractivity contribution in [3.8, 4) is 22.6 Å². The fraction of sp³-hybridized carbons (Fsp3) is 0.357. The Morgan fingerprint density at radius 3 is 2.61 bits per heavy atom. The third kappa shape index (κ3) is 4.85. The highest BCUT2D eigenvalue weighted by Gasteiger charge is 2.32. The molecular formula is C28H31FN6O3. The molecule has 1 aromatic carbocycles. The fourth-order valence-corrected chi connectivity index (χ4v) is 4.76. The summed E-state index contributed by atoms with van der Waals surface area (Å²) in [7, 11) is 1.58. The number of methoxy groups -OCH3 is 1. The number of rotatable bonds is 4. The smallest absolute Gasteiger partial charge is 0.410 e. The minimum atomic E-state index is -0.567. The van der Waals surface area contributed by atoms with Gasteiger partial charge >= 0.3 is 6.09 Å². The molecule has 0 aliphatic carbocycles. The van der Waals surface area contributed by atoms with Crippen LogP contribution in [-0.4, -0.2) is 68.9 Å². The number of nitrogens with zero attached hydrogens (tertiary/aromatic N) is 6. The van der Waals surface area contributed by atoms with Crippen molar-refractivity contribution in [3.05, 3.63) is 61.1 Å². The van der Waals surface area contributed by atoms with Gasteiger partial charge in [-0.3, -0.25) is 9.55 Å². The fourth-order valence-electron chi connectivity index (χ4n) is 4.76. The van der Waals surface area contributed by atoms with Crippen LogP contribution in [0.1, 0.15) is 27.7 Å². The van der Waals surface area contributed by atoms with Crippen LogP contribution in [0, 0.1) is 5.82 Å². The van der Waals surface area contributed by atoms with E-state index in [1.807, 2.05) is 44.5 Å². The van der Waals surface area contributed by atoms with E-state index in [1.165, 1.54) is 12.4 Å². The van der Waals surface area contributed by atoms with Gasteiger partial charge < -0.3 is 19.3 Å². The van der Waals surface area contributed by atoms with Crippen molar-refractivity contribution in [1.82, 2.24) is 24.4 Å². The molecule has 1 aliphatic rings. The largest absolute Gasteiger partial charge is 0.495 e. The van der Waals surface area contributed by atoms with Gasteiger partial charge in [-0.15, -0.1) is 0 Å². The van der Waals surface area contributed by atoms with Gasteiger partial charge in [0.05, 0.1) is 30.6 Å². The SMILES string of the molecule is COc1cncc(-n2cc(-c3ccccc3F)c3c(N4CCN(C(=O)OC(C)(C)C)C[C@@H]4C)ncnc32)c1. The molecule has 0 bridgehead atoms. The lowest BCUT2D eigenvalue weighted by molar-refractivity contribution is 0.0218. The number of fused-ring (bicyclic) bond motifs is 1. The summed E-state index contributed by atoms with van der Waals surface area (Å²) in [4.78, 5) is 30.1. The molecule has 1 saturated heterocycles. The summed E-state index contributed by atoms with van der Waals surface area (Å²) in [6.07, 6.45) is 6.37. The second kappa shape index (κ2) is 9.92. The number of benzene rings is 1. The van der Waals surface area contributed by atoms with Crippen molar-refractivity contribution in [2.45, 2.75) is 39.3 Å². The topological polar surface area (TPSA) is 85.6 Å². The molecule has 0 spiro atoms. The molecule has 1 atom stereocenters. The van der Waals surface area contributed by atoms with Crippen molar-refractivity contribution in [2.24, 2.45) is 0 Å². The van der Waals surface area contributed by atoms with Crippen LogP contribution in [0.5, 0.6) is 5.75 Å². The summed E-state index contributed by atoms with van der Waals surface area (Å²) in [6, 6.07) is 8.45. The predicted octanol–water partition coefficient (Wildman–Crippen LogP) is 5.08. The Kier molecular flexibility index (Phi) is 6.64. The molecule has 3 aromatic heterocycles. The lowest BCUT2D eigenvalue weighted by Gasteiger charge is -2.41. The monoisotopic (exact) mass is 518 g/mol. The standard InChI is InChI=1S/C28H31FN6O3/c1-18-15-33(27(36)38-28(2,3)4)10-11-34(18)25-24-22(21-8-6-7-9-23(21)29)16-35(26(24)32-17-31-25)19-12-20(37-5)14-30-13-19/h6-9,12-14,16-18H,10-11,15H2,1-5H3/t18-/m0/s1. The van der Waals surface area contributed by atoms with Crippen LogP contribution in [0.25, 0.3) is 27.8 Å². The highest BCUT2D eigenvalue weighted by Crippen LogP contribution is 2.39. The minimum Gasteiger partial charge on any atom is -0.495 e. The Labute approximate surface area is 220 Å². The summed E-state index contributed by atoms with van der Waals surface area (Å²) >= 11 is 0. The number of carbonyl (C=O) groups is 1. The van der Waals surface area contributed by atoms with Gasteiger partial charge in [0, 0.05) is 49.1 Å². The molecule has 4 heterocycles. The van der Waals surface area contributed by atoms with Crippen LogP contribution in [0.2, 0.25) is 0 Å². The summed E-state index contributed by atoms with van der Waals surface area (Å²) in [5.41, 5.74) is 1.89. The average molecular weight is 519 g/mol. The molecule has 9 nitrogen and oxygen atoms in total. The van der Waals surface area contributed by atoms with Crippen LogP contribution in [-0.2, 0) is 4.74 Å². The Bertz CT molecular complexity index is 1480. The van der Waals surface area contributed by atoms with E-state index in [2.05, 4.69) is 19.9 Å². The number of aromatic nitrogens is 4. The number of ether oxygens (including phenoxy) is 2. The first-order valence-electron chi connectivity index (χ1n) is 12.5. The van der Waals surface area contributed by atoms with E-state index >= 15 is 4.39 Å². The summed E-state index contributed by atoms with van der Waals surface area (Å²) in [6.45, 7) is 9.08. The number of hydrogen-bond acceptors (Lipinski definition) is 7. The number of amides is 1. The molecule has 1 aliphatic heterocycles. The molecule has 10 heteroatoms. The van der Waals surface area contributed by atoms with Gasteiger partial charge in [0.1, 0.15) is 29.3 Å². The van der Waals surface area contributed by atoms with E-state index in [0.717, 1.165) is 11.1 Å². The number of carbonyl (C=O) groups excluding carboxylic acids is 1. The average Bonchev–Trinajstić information content (AvgIpc) is 3.28. The van der Waals surface area contributed by atoms with Crippen molar-refractivity contribution in [3.63, 3.8) is 0 Å². The van der Waals surface area contributed by atoms with Crippen LogP contribution in [0.3, 0.4) is 0 Å². The normalized spacial score (nSPS) is 16.1. The maximum Gasteiger partial charge on any atom is 0.410 e. The molecule has 5 rings (SSSR count). The van der Waals surface area contributed by atoms with E-state index in [4.69, 9.17) is 9.47 Å². The van der Waals surface area contributed by atoms with Gasteiger partial charge in [-0.05, 0) is 33.8 Å². The van der Waals surface area contributed by atoms with E-state index in [-0.39, 0.29) is 18.0 Å². The lowest BCUT2D eigenvalue weighted by Crippen LogP contribution is -2.54. The highest BCUT2D eigenvalue weighted by atomic mass is 19.1. The first-order chi connectivity index (χ1) is 18.2. The quantitative estimate of drug-likeness (QED) is 0.373. The number of anilines is 1. The van der Waals surface area contributed by atoms with Gasteiger partial charge in [0.15, 0.2) is 5.65 Å². The van der Waals surface area contributed by atoms with E-state index in [0.29, 0.717) is 48.0 Å². The predicted molar refractivity (Wildman–Crippen MR) is 143 cm³/mol. The molecular weight excluding hydrogens is 487 g/mol. The first-order valence-corrected chi connectivity index (χ1v) is 12.5. The number of halogens is 1. The number of piperazine rings is 1. The maximum absolute atomic E-state index is 15.1. The Morgan fingerprint density at radius 1 is 1.11 bits per heavy atom. The van der Waals surface area contributed by atoms with Crippen molar-refractivity contribution in [2.75, 3.05) is 31.6 Å². The molecule has 0 unspecified atom stereocenters. The van der Waals surface area contributed by atoms with Gasteiger partial charge in [-0.1, -0.05) is 18.2 Å². The summed E-state index contributed by atoms with van der Waals surface area (Å²) in [5, 5.41) is 0.720. The van der Waals surface area contributed by atoms with E-state index in [1.54, 1.807) is 42.6 Å². The number of hydrogen-bond donors (Lipinski definition) is 0.